The van der Waals surface area contributed by atoms with Crippen molar-refractivity contribution in [2.24, 2.45) is 5.11 Å². The second-order valence-corrected chi connectivity index (χ2v) is 3.40. The Balaban J connectivity index is 2.74. The fourth-order valence-corrected chi connectivity index (χ4v) is 1.33. The Hall–Kier alpha value is -2.06. The molecule has 0 N–H and O–H groups in total. The maximum absolute atomic E-state index is 10.8. The Morgan fingerprint density at radius 3 is 2.94 bits per heavy atom. The van der Waals surface area contributed by atoms with Gasteiger partial charge < -0.3 is 0 Å². The number of hydrogen-bond acceptors (Lipinski definition) is 2. The predicted molar refractivity (Wildman–Crippen MR) is 64.2 cm³/mol. The maximum atomic E-state index is 10.8. The molecule has 0 aromatic heterocycles. The second-order valence-electron chi connectivity index (χ2n) is 3.40. The number of aryl methyl sites for hydroxylation is 1. The van der Waals surface area contributed by atoms with Crippen molar-refractivity contribution in [2.45, 2.75) is 13.3 Å². The molecule has 0 aliphatic carbocycles. The van der Waals surface area contributed by atoms with Crippen LogP contribution in [0.4, 0.5) is 0 Å². The van der Waals surface area contributed by atoms with E-state index in [4.69, 9.17) is 5.53 Å². The van der Waals surface area contributed by atoms with E-state index in [9.17, 15) is 4.79 Å². The van der Waals surface area contributed by atoms with E-state index in [0.717, 1.165) is 17.4 Å². The number of rotatable bonds is 5. The Kier molecular flexibility index (Phi) is 4.83. The number of carbonyl (C=O) groups excluding carboxylic acids is 1. The van der Waals surface area contributed by atoms with E-state index in [-0.39, 0.29) is 0 Å². The van der Waals surface area contributed by atoms with E-state index in [1.54, 1.807) is 6.07 Å². The van der Waals surface area contributed by atoms with Gasteiger partial charge in [-0.3, -0.25) is 4.79 Å². The van der Waals surface area contributed by atoms with Gasteiger partial charge in [0.1, 0.15) is 0 Å². The average Bonchev–Trinajstić information content (AvgIpc) is 2.29. The van der Waals surface area contributed by atoms with Gasteiger partial charge >= 0.3 is 0 Å². The van der Waals surface area contributed by atoms with E-state index < -0.39 is 0 Å². The first-order valence-electron chi connectivity index (χ1n) is 5.01. The number of nitrogens with zero attached hydrogens (tertiary/aromatic N) is 3. The highest BCUT2D eigenvalue weighted by molar-refractivity contribution is 5.82. The fourth-order valence-electron chi connectivity index (χ4n) is 1.33. The molecule has 4 heteroatoms. The molecule has 0 saturated heterocycles. The molecule has 82 valence electrons. The van der Waals surface area contributed by atoms with Gasteiger partial charge in [-0.05, 0) is 24.4 Å². The maximum Gasteiger partial charge on any atom is 0.150 e. The molecule has 0 aliphatic rings. The number of aldehydes is 1. The minimum Gasteiger partial charge on any atom is -0.298 e. The third-order valence-electron chi connectivity index (χ3n) is 2.13. The van der Waals surface area contributed by atoms with Crippen molar-refractivity contribution in [3.63, 3.8) is 0 Å². The molecule has 1 aromatic rings. The van der Waals surface area contributed by atoms with Crippen LogP contribution in [-0.2, 0) is 0 Å². The van der Waals surface area contributed by atoms with E-state index in [0.29, 0.717) is 18.5 Å². The van der Waals surface area contributed by atoms with E-state index >= 15 is 0 Å². The quantitative estimate of drug-likeness (QED) is 0.243. The fraction of sp³-hybridized carbons (Fsp3) is 0.250. The SMILES string of the molecule is Cc1ccc(C=O)c(C=CCCN=[N+]=[N-])c1. The van der Waals surface area contributed by atoms with E-state index in [1.807, 2.05) is 31.2 Å². The lowest BCUT2D eigenvalue weighted by Gasteiger charge is -2.00. The van der Waals surface area contributed by atoms with Crippen molar-refractivity contribution < 1.29 is 4.79 Å². The highest BCUT2D eigenvalue weighted by Gasteiger charge is 1.97. The Morgan fingerprint density at radius 2 is 2.25 bits per heavy atom. The molecule has 0 aliphatic heterocycles. The van der Waals surface area contributed by atoms with Gasteiger partial charge in [-0.25, -0.2) is 0 Å². The Labute approximate surface area is 94.2 Å². The van der Waals surface area contributed by atoms with E-state index in [2.05, 4.69) is 10.0 Å². The second kappa shape index (κ2) is 6.43. The summed E-state index contributed by atoms with van der Waals surface area (Å²) in [4.78, 5) is 13.4. The van der Waals surface area contributed by atoms with Gasteiger partial charge in [0.2, 0.25) is 0 Å². The molecule has 1 aromatic carbocycles. The molecule has 0 fully saturated rings. The molecule has 0 atom stereocenters. The smallest absolute Gasteiger partial charge is 0.150 e. The average molecular weight is 215 g/mol. The van der Waals surface area contributed by atoms with Crippen LogP contribution in [0.15, 0.2) is 29.4 Å². The van der Waals surface area contributed by atoms with Gasteiger partial charge in [0.05, 0.1) is 0 Å². The van der Waals surface area contributed by atoms with E-state index in [1.165, 1.54) is 0 Å². The number of benzene rings is 1. The molecule has 0 radical (unpaired) electrons. The molecule has 0 amide bonds. The highest BCUT2D eigenvalue weighted by atomic mass is 16.1. The molecule has 4 nitrogen and oxygen atoms in total. The zero-order valence-electron chi connectivity index (χ0n) is 9.13. The molecule has 0 spiro atoms. The van der Waals surface area contributed by atoms with Crippen LogP contribution in [0.5, 0.6) is 0 Å². The summed E-state index contributed by atoms with van der Waals surface area (Å²) in [5.74, 6) is 0. The molecule has 16 heavy (non-hydrogen) atoms. The summed E-state index contributed by atoms with van der Waals surface area (Å²) in [5, 5.41) is 3.42. The van der Waals surface area contributed by atoms with Crippen LogP contribution in [0.3, 0.4) is 0 Å². The van der Waals surface area contributed by atoms with Gasteiger partial charge in [-0.2, -0.15) is 0 Å². The normalized spacial score (nSPS) is 10.1. The predicted octanol–water partition coefficient (Wildman–Crippen LogP) is 3.52. The molecule has 0 heterocycles. The molecule has 0 unspecified atom stereocenters. The van der Waals surface area contributed by atoms with Gasteiger partial charge in [0, 0.05) is 17.0 Å². The van der Waals surface area contributed by atoms with Crippen LogP contribution in [-0.4, -0.2) is 12.8 Å². The van der Waals surface area contributed by atoms with Crippen molar-refractivity contribution in [1.29, 1.82) is 0 Å². The Bertz CT molecular complexity index is 446. The summed E-state index contributed by atoms with van der Waals surface area (Å²) >= 11 is 0. The lowest BCUT2D eigenvalue weighted by molar-refractivity contribution is 0.112. The summed E-state index contributed by atoms with van der Waals surface area (Å²) in [6.45, 7) is 2.42. The van der Waals surface area contributed by atoms with Crippen molar-refractivity contribution in [1.82, 2.24) is 0 Å². The summed E-state index contributed by atoms with van der Waals surface area (Å²) in [5.41, 5.74) is 10.8. The summed E-state index contributed by atoms with van der Waals surface area (Å²) in [7, 11) is 0. The number of carbonyl (C=O) groups is 1. The highest BCUT2D eigenvalue weighted by Crippen LogP contribution is 2.12. The standard InChI is InChI=1S/C12H13N3O/c1-10-5-6-12(9-16)11(8-10)4-2-3-7-14-15-13/h2,4-6,8-9H,3,7H2,1H3. The summed E-state index contributed by atoms with van der Waals surface area (Å²) in [6, 6.07) is 5.66. The van der Waals surface area contributed by atoms with Crippen LogP contribution < -0.4 is 0 Å². The van der Waals surface area contributed by atoms with Gasteiger partial charge in [-0.1, -0.05) is 41.0 Å². The molecule has 0 bridgehead atoms. The first-order chi connectivity index (χ1) is 7.77. The third-order valence-corrected chi connectivity index (χ3v) is 2.13. The molecular weight excluding hydrogens is 202 g/mol. The third kappa shape index (κ3) is 3.59. The lowest BCUT2D eigenvalue weighted by Crippen LogP contribution is -1.87. The van der Waals surface area contributed by atoms with Crippen molar-refractivity contribution >= 4 is 12.4 Å². The number of azide groups is 1. The van der Waals surface area contributed by atoms with Crippen molar-refractivity contribution in [3.05, 3.63) is 51.4 Å². The van der Waals surface area contributed by atoms with Crippen LogP contribution >= 0.6 is 0 Å². The van der Waals surface area contributed by atoms with Crippen LogP contribution in [0, 0.1) is 6.92 Å². The van der Waals surface area contributed by atoms with Crippen LogP contribution in [0.2, 0.25) is 0 Å². The Morgan fingerprint density at radius 1 is 1.44 bits per heavy atom. The minimum absolute atomic E-state index is 0.440. The minimum atomic E-state index is 0.440. The first kappa shape index (κ1) is 12.0. The lowest BCUT2D eigenvalue weighted by atomic mass is 10.0. The topological polar surface area (TPSA) is 65.8 Å². The largest absolute Gasteiger partial charge is 0.298 e. The summed E-state index contributed by atoms with van der Waals surface area (Å²) in [6.07, 6.45) is 5.29. The molecule has 1 rings (SSSR count). The van der Waals surface area contributed by atoms with Crippen molar-refractivity contribution in [3.8, 4) is 0 Å². The molecule has 0 saturated carbocycles. The number of hydrogen-bond donors (Lipinski definition) is 0. The van der Waals surface area contributed by atoms with Crippen LogP contribution in [0.25, 0.3) is 16.5 Å². The van der Waals surface area contributed by atoms with Crippen molar-refractivity contribution in [2.75, 3.05) is 6.54 Å². The van der Waals surface area contributed by atoms with Crippen LogP contribution in [0.1, 0.15) is 27.9 Å². The molecular formula is C12H13N3O. The monoisotopic (exact) mass is 215 g/mol. The first-order valence-corrected chi connectivity index (χ1v) is 5.01. The van der Waals surface area contributed by atoms with Gasteiger partial charge in [0.15, 0.2) is 6.29 Å². The van der Waals surface area contributed by atoms with Gasteiger partial charge in [0.25, 0.3) is 0 Å². The zero-order chi connectivity index (χ0) is 11.8. The zero-order valence-corrected chi connectivity index (χ0v) is 9.13. The summed E-state index contributed by atoms with van der Waals surface area (Å²) < 4.78 is 0. The van der Waals surface area contributed by atoms with Gasteiger partial charge in [-0.15, -0.1) is 0 Å².